The predicted octanol–water partition coefficient (Wildman–Crippen LogP) is 1.05. The first-order chi connectivity index (χ1) is 16.8. The first-order valence-corrected chi connectivity index (χ1v) is 11.7. The predicted molar refractivity (Wildman–Crippen MR) is 132 cm³/mol. The molecule has 1 amide bonds. The number of amides is 1. The molecule has 4 rings (SSSR count). The molecule has 186 valence electrons. The van der Waals surface area contributed by atoms with Crippen LogP contribution >= 0.6 is 0 Å². The van der Waals surface area contributed by atoms with Crippen molar-refractivity contribution in [3.8, 4) is 5.75 Å². The van der Waals surface area contributed by atoms with Crippen molar-refractivity contribution >= 4 is 16.9 Å². The first-order valence-electron chi connectivity index (χ1n) is 11.7. The van der Waals surface area contributed by atoms with Crippen LogP contribution in [0.3, 0.4) is 0 Å². The molecule has 1 aliphatic rings. The molecule has 1 fully saturated rings. The summed E-state index contributed by atoms with van der Waals surface area (Å²) in [6.07, 6.45) is 2.09. The molecule has 0 aliphatic carbocycles. The van der Waals surface area contributed by atoms with E-state index in [1.165, 1.54) is 30.8 Å². The lowest BCUT2D eigenvalue weighted by atomic mass is 10.1. The number of fused-ring (bicyclic) bond motifs is 1. The maximum absolute atomic E-state index is 12.7. The Morgan fingerprint density at radius 2 is 1.94 bits per heavy atom. The summed E-state index contributed by atoms with van der Waals surface area (Å²) in [5, 5.41) is 3.11. The zero-order valence-electron chi connectivity index (χ0n) is 20.3. The Balaban J connectivity index is 1.35. The monoisotopic (exact) mass is 481 g/mol. The van der Waals surface area contributed by atoms with E-state index in [4.69, 9.17) is 9.47 Å². The number of nitrogens with one attached hydrogen (secondary N) is 1. The van der Waals surface area contributed by atoms with E-state index < -0.39 is 17.2 Å². The van der Waals surface area contributed by atoms with Crippen molar-refractivity contribution in [2.45, 2.75) is 25.4 Å². The second kappa shape index (κ2) is 10.8. The molecule has 0 atom stereocenters. The van der Waals surface area contributed by atoms with Gasteiger partial charge in [-0.05, 0) is 49.7 Å². The minimum atomic E-state index is -0.497. The van der Waals surface area contributed by atoms with E-state index in [9.17, 15) is 14.4 Å². The fourth-order valence-electron chi connectivity index (χ4n) is 4.21. The summed E-state index contributed by atoms with van der Waals surface area (Å²) >= 11 is 0. The zero-order chi connectivity index (χ0) is 24.9. The largest absolute Gasteiger partial charge is 0.492 e. The molecule has 2 aromatic heterocycles. The van der Waals surface area contributed by atoms with Crippen LogP contribution in [-0.2, 0) is 25.4 Å². The molecule has 1 N–H and O–H groups in total. The Bertz CT molecular complexity index is 1330. The van der Waals surface area contributed by atoms with Gasteiger partial charge in [0.1, 0.15) is 23.7 Å². The molecule has 0 bridgehead atoms. The maximum Gasteiger partial charge on any atom is 0.332 e. The Labute approximate surface area is 203 Å². The van der Waals surface area contributed by atoms with Gasteiger partial charge in [0, 0.05) is 46.4 Å². The van der Waals surface area contributed by atoms with E-state index in [1.54, 1.807) is 0 Å². The fourth-order valence-corrected chi connectivity index (χ4v) is 4.21. The SMILES string of the molecule is CN(CCOc1cccc(CNC(=O)c2ccc3c(=O)n(C)c(=O)n(C)c3n2)c1)C1CCOCC1. The standard InChI is InChI=1S/C25H31N5O5/c1-28(18-9-12-34-13-10-18)11-14-35-19-6-4-5-17(15-19)16-26-23(31)21-8-7-20-22(27-21)29(2)25(33)30(3)24(20)32/h4-8,15,18H,9-14,16H2,1-3H3,(H,26,31). The molecular formula is C25H31N5O5. The first kappa shape index (κ1) is 24.6. The molecule has 1 aromatic carbocycles. The summed E-state index contributed by atoms with van der Waals surface area (Å²) in [6, 6.07) is 11.1. The Hall–Kier alpha value is -3.50. The van der Waals surface area contributed by atoms with Gasteiger partial charge < -0.3 is 14.8 Å². The van der Waals surface area contributed by atoms with Gasteiger partial charge in [0.05, 0.1) is 5.39 Å². The van der Waals surface area contributed by atoms with E-state index in [1.807, 2.05) is 24.3 Å². The number of hydrogen-bond acceptors (Lipinski definition) is 7. The number of aryl methyl sites for hydroxylation is 1. The van der Waals surface area contributed by atoms with Gasteiger partial charge in [-0.3, -0.25) is 23.6 Å². The highest BCUT2D eigenvalue weighted by molar-refractivity contribution is 5.94. The van der Waals surface area contributed by atoms with Crippen LogP contribution in [-0.4, -0.2) is 64.4 Å². The van der Waals surface area contributed by atoms with Gasteiger partial charge in [-0.2, -0.15) is 0 Å². The van der Waals surface area contributed by atoms with Gasteiger partial charge in [0.25, 0.3) is 11.5 Å². The highest BCUT2D eigenvalue weighted by atomic mass is 16.5. The van der Waals surface area contributed by atoms with Crippen LogP contribution in [0.5, 0.6) is 5.75 Å². The molecule has 1 saturated heterocycles. The zero-order valence-corrected chi connectivity index (χ0v) is 20.3. The number of nitrogens with zero attached hydrogens (tertiary/aromatic N) is 4. The molecule has 10 heteroatoms. The van der Waals surface area contributed by atoms with Gasteiger partial charge in [0.15, 0.2) is 0 Å². The third kappa shape index (κ3) is 5.60. The molecule has 0 unspecified atom stereocenters. The van der Waals surface area contributed by atoms with Gasteiger partial charge in [0.2, 0.25) is 0 Å². The second-order valence-electron chi connectivity index (χ2n) is 8.78. The number of ether oxygens (including phenoxy) is 2. The number of carbonyl (C=O) groups is 1. The summed E-state index contributed by atoms with van der Waals surface area (Å²) in [4.78, 5) is 43.8. The van der Waals surface area contributed by atoms with Gasteiger partial charge in [-0.25, -0.2) is 9.78 Å². The summed E-state index contributed by atoms with van der Waals surface area (Å²) < 4.78 is 13.6. The minimum Gasteiger partial charge on any atom is -0.492 e. The lowest BCUT2D eigenvalue weighted by Crippen LogP contribution is -2.38. The Morgan fingerprint density at radius 1 is 1.17 bits per heavy atom. The van der Waals surface area contributed by atoms with Crippen molar-refractivity contribution in [1.29, 1.82) is 0 Å². The van der Waals surface area contributed by atoms with E-state index in [0.717, 1.165) is 48.5 Å². The van der Waals surface area contributed by atoms with Gasteiger partial charge >= 0.3 is 5.69 Å². The number of rotatable bonds is 8. The average Bonchev–Trinajstić information content (AvgIpc) is 2.89. The molecule has 3 heterocycles. The average molecular weight is 482 g/mol. The number of aromatic nitrogens is 3. The van der Waals surface area contributed by atoms with Crippen LogP contribution < -0.4 is 21.3 Å². The van der Waals surface area contributed by atoms with Crippen molar-refractivity contribution in [3.63, 3.8) is 0 Å². The van der Waals surface area contributed by atoms with E-state index in [2.05, 4.69) is 22.2 Å². The van der Waals surface area contributed by atoms with Crippen LogP contribution in [0.1, 0.15) is 28.9 Å². The third-order valence-corrected chi connectivity index (χ3v) is 6.41. The fraction of sp³-hybridized carbons (Fsp3) is 0.440. The third-order valence-electron chi connectivity index (χ3n) is 6.41. The number of likely N-dealkylation sites (N-methyl/N-ethyl adjacent to an activating group) is 1. The van der Waals surface area contributed by atoms with E-state index in [-0.39, 0.29) is 23.3 Å². The smallest absolute Gasteiger partial charge is 0.332 e. The van der Waals surface area contributed by atoms with E-state index in [0.29, 0.717) is 12.6 Å². The maximum atomic E-state index is 12.7. The van der Waals surface area contributed by atoms with Crippen LogP contribution in [0.15, 0.2) is 46.0 Å². The second-order valence-corrected chi connectivity index (χ2v) is 8.78. The van der Waals surface area contributed by atoms with Crippen LogP contribution in [0.4, 0.5) is 0 Å². The molecule has 0 saturated carbocycles. The molecule has 35 heavy (non-hydrogen) atoms. The van der Waals surface area contributed by atoms with Crippen LogP contribution in [0.2, 0.25) is 0 Å². The summed E-state index contributed by atoms with van der Waals surface area (Å²) in [5.41, 5.74) is 0.244. The Kier molecular flexibility index (Phi) is 7.62. The van der Waals surface area contributed by atoms with Crippen molar-refractivity contribution in [1.82, 2.24) is 24.3 Å². The lowest BCUT2D eigenvalue weighted by molar-refractivity contribution is 0.0392. The highest BCUT2D eigenvalue weighted by Gasteiger charge is 2.18. The van der Waals surface area contributed by atoms with Crippen molar-refractivity contribution in [2.24, 2.45) is 14.1 Å². The summed E-state index contributed by atoms with van der Waals surface area (Å²) in [6.45, 7) is 3.31. The van der Waals surface area contributed by atoms with E-state index >= 15 is 0 Å². The van der Waals surface area contributed by atoms with Gasteiger partial charge in [-0.15, -0.1) is 0 Å². The topological polar surface area (TPSA) is 108 Å². The van der Waals surface area contributed by atoms with Crippen LogP contribution in [0, 0.1) is 0 Å². The molecule has 10 nitrogen and oxygen atoms in total. The molecule has 1 aliphatic heterocycles. The molecule has 3 aromatic rings. The number of carbonyl (C=O) groups excluding carboxylic acids is 1. The normalized spacial score (nSPS) is 14.4. The number of benzene rings is 1. The quantitative estimate of drug-likeness (QED) is 0.512. The molecule has 0 spiro atoms. The highest BCUT2D eigenvalue weighted by Crippen LogP contribution is 2.15. The van der Waals surface area contributed by atoms with Crippen molar-refractivity contribution < 1.29 is 14.3 Å². The number of pyridine rings is 1. The minimum absolute atomic E-state index is 0.129. The molecule has 0 radical (unpaired) electrons. The summed E-state index contributed by atoms with van der Waals surface area (Å²) in [5.74, 6) is 0.344. The lowest BCUT2D eigenvalue weighted by Gasteiger charge is -2.31. The van der Waals surface area contributed by atoms with Crippen molar-refractivity contribution in [2.75, 3.05) is 33.4 Å². The summed E-state index contributed by atoms with van der Waals surface area (Å²) in [7, 11) is 5.04. The number of hydrogen-bond donors (Lipinski definition) is 1. The molecular weight excluding hydrogens is 450 g/mol. The van der Waals surface area contributed by atoms with Gasteiger partial charge in [-0.1, -0.05) is 12.1 Å². The van der Waals surface area contributed by atoms with Crippen molar-refractivity contribution in [3.05, 3.63) is 68.5 Å². The van der Waals surface area contributed by atoms with Crippen LogP contribution in [0.25, 0.3) is 11.0 Å². The Morgan fingerprint density at radius 3 is 2.71 bits per heavy atom.